The van der Waals surface area contributed by atoms with Gasteiger partial charge >= 0.3 is 0 Å². The number of aromatic hydroxyl groups is 1. The number of H-pyrrole nitrogens is 1. The molecule has 0 spiro atoms. The van der Waals surface area contributed by atoms with Crippen LogP contribution in [0.4, 0.5) is 17.3 Å². The minimum atomic E-state index is 0.191. The summed E-state index contributed by atoms with van der Waals surface area (Å²) < 4.78 is 0. The molecule has 1 aromatic heterocycles. The van der Waals surface area contributed by atoms with Crippen molar-refractivity contribution >= 4 is 23.5 Å². The van der Waals surface area contributed by atoms with E-state index in [2.05, 4.69) is 26.6 Å². The summed E-state index contributed by atoms with van der Waals surface area (Å²) in [6.07, 6.45) is 1.60. The van der Waals surface area contributed by atoms with Gasteiger partial charge in [-0.05, 0) is 42.0 Å². The van der Waals surface area contributed by atoms with Crippen LogP contribution in [0.3, 0.4) is 0 Å². The van der Waals surface area contributed by atoms with Crippen LogP contribution in [0.5, 0.6) is 5.75 Å². The van der Waals surface area contributed by atoms with E-state index in [1.807, 2.05) is 30.3 Å². The number of anilines is 2. The van der Waals surface area contributed by atoms with Gasteiger partial charge in [0.1, 0.15) is 17.4 Å². The second kappa shape index (κ2) is 6.45. The van der Waals surface area contributed by atoms with Gasteiger partial charge in [-0.3, -0.25) is 5.10 Å². The molecule has 2 aromatic carbocycles. The summed E-state index contributed by atoms with van der Waals surface area (Å²) in [7, 11) is 0. The van der Waals surface area contributed by atoms with Crippen molar-refractivity contribution in [1.82, 2.24) is 10.2 Å². The number of rotatable bonds is 4. The first-order valence-corrected chi connectivity index (χ1v) is 6.90. The lowest BCUT2D eigenvalue weighted by atomic mass is 10.2. The van der Waals surface area contributed by atoms with Crippen molar-refractivity contribution in [3.63, 3.8) is 0 Å². The first-order chi connectivity index (χ1) is 11.3. The van der Waals surface area contributed by atoms with E-state index in [1.165, 1.54) is 0 Å². The van der Waals surface area contributed by atoms with Gasteiger partial charge < -0.3 is 10.4 Å². The van der Waals surface area contributed by atoms with Crippen molar-refractivity contribution in [3.8, 4) is 11.8 Å². The van der Waals surface area contributed by atoms with Gasteiger partial charge in [0, 0.05) is 11.9 Å². The van der Waals surface area contributed by atoms with E-state index >= 15 is 0 Å². The van der Waals surface area contributed by atoms with Crippen LogP contribution in [0, 0.1) is 11.3 Å². The minimum Gasteiger partial charge on any atom is -0.508 e. The van der Waals surface area contributed by atoms with Gasteiger partial charge in [-0.15, -0.1) is 0 Å². The van der Waals surface area contributed by atoms with Crippen LogP contribution < -0.4 is 5.32 Å². The predicted octanol–water partition coefficient (Wildman–Crippen LogP) is 3.48. The van der Waals surface area contributed by atoms with Crippen molar-refractivity contribution in [2.75, 3.05) is 5.32 Å². The largest absolute Gasteiger partial charge is 0.508 e. The lowest BCUT2D eigenvalue weighted by molar-refractivity contribution is 0.475. The molecule has 112 valence electrons. The van der Waals surface area contributed by atoms with Crippen LogP contribution >= 0.6 is 0 Å². The molecule has 0 unspecified atom stereocenters. The molecule has 0 aliphatic rings. The molecule has 0 saturated heterocycles. The first kappa shape index (κ1) is 14.4. The fourth-order valence-electron chi connectivity index (χ4n) is 1.98. The van der Waals surface area contributed by atoms with Crippen molar-refractivity contribution in [3.05, 3.63) is 65.7 Å². The predicted molar refractivity (Wildman–Crippen MR) is 88.4 cm³/mol. The maximum absolute atomic E-state index is 9.34. The number of aromatic amines is 1. The minimum absolute atomic E-state index is 0.191. The topological polar surface area (TPSA) is 97.1 Å². The highest BCUT2D eigenvalue weighted by molar-refractivity contribution is 5.83. The molecule has 3 rings (SSSR count). The fourth-order valence-corrected chi connectivity index (χ4v) is 1.98. The third-order valence-electron chi connectivity index (χ3n) is 3.13. The smallest absolute Gasteiger partial charge is 0.172 e. The number of phenolic OH excluding ortho intramolecular Hbond substituents is 1. The third kappa shape index (κ3) is 3.36. The molecular formula is C17H13N5O. The lowest BCUT2D eigenvalue weighted by Crippen LogP contribution is -1.92. The van der Waals surface area contributed by atoms with Gasteiger partial charge in [-0.2, -0.15) is 10.4 Å². The normalized spacial score (nSPS) is 10.6. The molecule has 6 nitrogen and oxygen atoms in total. The molecule has 0 aliphatic carbocycles. The Morgan fingerprint density at radius 3 is 2.57 bits per heavy atom. The van der Waals surface area contributed by atoms with E-state index in [0.29, 0.717) is 17.2 Å². The average Bonchev–Trinajstić information content (AvgIpc) is 2.97. The highest BCUT2D eigenvalue weighted by atomic mass is 16.3. The highest BCUT2D eigenvalue weighted by Gasteiger charge is 2.12. The number of nitrogens with zero attached hydrogens (tertiary/aromatic N) is 3. The summed E-state index contributed by atoms with van der Waals surface area (Å²) >= 11 is 0. The number of hydrogen-bond acceptors (Lipinski definition) is 5. The summed E-state index contributed by atoms with van der Waals surface area (Å²) in [6, 6.07) is 18.2. The van der Waals surface area contributed by atoms with Crippen molar-refractivity contribution in [1.29, 1.82) is 5.26 Å². The Morgan fingerprint density at radius 2 is 1.87 bits per heavy atom. The van der Waals surface area contributed by atoms with Crippen LogP contribution in [0.2, 0.25) is 0 Å². The number of benzene rings is 2. The first-order valence-electron chi connectivity index (χ1n) is 6.90. The molecule has 0 atom stereocenters. The quantitative estimate of drug-likeness (QED) is 0.643. The Morgan fingerprint density at radius 1 is 1.13 bits per heavy atom. The maximum Gasteiger partial charge on any atom is 0.172 e. The van der Waals surface area contributed by atoms with E-state index in [-0.39, 0.29) is 5.75 Å². The lowest BCUT2D eigenvalue weighted by Gasteiger charge is -2.01. The Hall–Kier alpha value is -3.59. The van der Waals surface area contributed by atoms with E-state index in [4.69, 9.17) is 0 Å². The molecule has 23 heavy (non-hydrogen) atoms. The molecule has 6 heteroatoms. The van der Waals surface area contributed by atoms with E-state index < -0.39 is 0 Å². The zero-order valence-corrected chi connectivity index (χ0v) is 12.1. The Balaban J connectivity index is 1.84. The fraction of sp³-hybridized carbons (Fsp3) is 0. The summed E-state index contributed by atoms with van der Waals surface area (Å²) in [5.41, 5.74) is 1.98. The SMILES string of the molecule is N#Cc1c(Nc2ccccc2)n[nH]c1/N=C/c1ccc(O)cc1. The Kier molecular flexibility index (Phi) is 4.03. The van der Waals surface area contributed by atoms with Gasteiger partial charge in [0.25, 0.3) is 0 Å². The van der Waals surface area contributed by atoms with Gasteiger partial charge in [0.05, 0.1) is 0 Å². The molecule has 0 fully saturated rings. The molecule has 0 radical (unpaired) electrons. The van der Waals surface area contributed by atoms with Crippen LogP contribution in [-0.2, 0) is 0 Å². The van der Waals surface area contributed by atoms with Crippen LogP contribution in [0.1, 0.15) is 11.1 Å². The zero-order chi connectivity index (χ0) is 16.1. The molecule has 0 aliphatic heterocycles. The van der Waals surface area contributed by atoms with Crippen molar-refractivity contribution < 1.29 is 5.11 Å². The van der Waals surface area contributed by atoms with Crippen molar-refractivity contribution in [2.24, 2.45) is 4.99 Å². The van der Waals surface area contributed by atoms with Gasteiger partial charge in [0.15, 0.2) is 11.6 Å². The molecule has 0 bridgehead atoms. The zero-order valence-electron chi connectivity index (χ0n) is 12.1. The summed E-state index contributed by atoms with van der Waals surface area (Å²) in [5, 5.41) is 28.5. The average molecular weight is 303 g/mol. The van der Waals surface area contributed by atoms with E-state index in [9.17, 15) is 10.4 Å². The number of nitriles is 1. The van der Waals surface area contributed by atoms with Crippen LogP contribution in [0.25, 0.3) is 0 Å². The molecule has 0 amide bonds. The Labute approximate surface area is 132 Å². The molecule has 3 aromatic rings. The van der Waals surface area contributed by atoms with Crippen LogP contribution in [-0.4, -0.2) is 21.5 Å². The molecule has 3 N–H and O–H groups in total. The molecule has 0 saturated carbocycles. The highest BCUT2D eigenvalue weighted by Crippen LogP contribution is 2.25. The maximum atomic E-state index is 9.34. The molecule has 1 heterocycles. The number of phenols is 1. The number of nitrogens with one attached hydrogen (secondary N) is 2. The van der Waals surface area contributed by atoms with E-state index in [1.54, 1.807) is 30.5 Å². The molecular weight excluding hydrogens is 290 g/mol. The van der Waals surface area contributed by atoms with Gasteiger partial charge in [-0.25, -0.2) is 4.99 Å². The number of aromatic nitrogens is 2. The van der Waals surface area contributed by atoms with Crippen LogP contribution in [0.15, 0.2) is 59.6 Å². The standard InChI is InChI=1S/C17H13N5O/c18-10-15-16(19-11-12-6-8-14(23)9-7-12)21-22-17(15)20-13-4-2-1-3-5-13/h1-9,11,23H,(H2,20,21,22)/b19-11+. The Bertz CT molecular complexity index is 860. The number of hydrogen-bond donors (Lipinski definition) is 3. The van der Waals surface area contributed by atoms with Gasteiger partial charge in [-0.1, -0.05) is 18.2 Å². The monoisotopic (exact) mass is 303 g/mol. The second-order valence-electron chi connectivity index (χ2n) is 4.75. The van der Waals surface area contributed by atoms with E-state index in [0.717, 1.165) is 11.3 Å². The summed E-state index contributed by atoms with van der Waals surface area (Å²) in [6.45, 7) is 0. The van der Waals surface area contributed by atoms with Gasteiger partial charge in [0.2, 0.25) is 0 Å². The summed E-state index contributed by atoms with van der Waals surface area (Å²) in [5.74, 6) is 0.992. The van der Waals surface area contributed by atoms with Crippen molar-refractivity contribution in [2.45, 2.75) is 0 Å². The third-order valence-corrected chi connectivity index (χ3v) is 3.13. The summed E-state index contributed by atoms with van der Waals surface area (Å²) in [4.78, 5) is 4.25. The number of aliphatic imine (C=N–C) groups is 1. The number of para-hydroxylation sites is 1. The second-order valence-corrected chi connectivity index (χ2v) is 4.75.